The number of hydrogen-bond donors (Lipinski definition) is 1. The van der Waals surface area contributed by atoms with Crippen LogP contribution < -0.4 is 5.32 Å². The highest BCUT2D eigenvalue weighted by Gasteiger charge is 2.32. The number of nitrogens with zero attached hydrogens (tertiary/aromatic N) is 1. The number of para-hydroxylation sites is 1. The molecule has 2 atom stereocenters. The SMILES string of the molecule is CCC(C)N(CCOC)C(=O)C1CNc2ccccc21. The van der Waals surface area contributed by atoms with Gasteiger partial charge in [0.15, 0.2) is 0 Å². The van der Waals surface area contributed by atoms with E-state index < -0.39 is 0 Å². The molecule has 1 heterocycles. The fourth-order valence-corrected chi connectivity index (χ4v) is 2.66. The van der Waals surface area contributed by atoms with E-state index >= 15 is 0 Å². The second-order valence-electron chi connectivity index (χ2n) is 5.30. The maximum Gasteiger partial charge on any atom is 0.232 e. The average molecular weight is 276 g/mol. The summed E-state index contributed by atoms with van der Waals surface area (Å²) in [7, 11) is 1.67. The van der Waals surface area contributed by atoms with Crippen LogP contribution in [0.4, 0.5) is 5.69 Å². The number of benzene rings is 1. The molecule has 1 aliphatic heterocycles. The van der Waals surface area contributed by atoms with Gasteiger partial charge in [0.25, 0.3) is 0 Å². The topological polar surface area (TPSA) is 41.6 Å². The van der Waals surface area contributed by atoms with Gasteiger partial charge in [-0.05, 0) is 25.0 Å². The number of carbonyl (C=O) groups is 1. The summed E-state index contributed by atoms with van der Waals surface area (Å²) in [4.78, 5) is 14.8. The van der Waals surface area contributed by atoms with Gasteiger partial charge in [-0.2, -0.15) is 0 Å². The van der Waals surface area contributed by atoms with Gasteiger partial charge in [-0.15, -0.1) is 0 Å². The van der Waals surface area contributed by atoms with Crippen molar-refractivity contribution in [3.8, 4) is 0 Å². The van der Waals surface area contributed by atoms with E-state index in [1.807, 2.05) is 29.2 Å². The molecule has 0 radical (unpaired) electrons. The van der Waals surface area contributed by atoms with Crippen LogP contribution in [0.25, 0.3) is 0 Å². The fourth-order valence-electron chi connectivity index (χ4n) is 2.66. The van der Waals surface area contributed by atoms with Crippen molar-refractivity contribution in [2.45, 2.75) is 32.2 Å². The van der Waals surface area contributed by atoms with E-state index in [0.29, 0.717) is 19.7 Å². The number of nitrogens with one attached hydrogen (secondary N) is 1. The molecule has 110 valence electrons. The van der Waals surface area contributed by atoms with Gasteiger partial charge in [0, 0.05) is 31.9 Å². The van der Waals surface area contributed by atoms with Crippen molar-refractivity contribution in [3.05, 3.63) is 29.8 Å². The third kappa shape index (κ3) is 2.96. The van der Waals surface area contributed by atoms with Gasteiger partial charge >= 0.3 is 0 Å². The Bertz CT molecular complexity index is 462. The molecule has 1 aromatic rings. The van der Waals surface area contributed by atoms with Crippen molar-refractivity contribution >= 4 is 11.6 Å². The van der Waals surface area contributed by atoms with Crippen molar-refractivity contribution in [3.63, 3.8) is 0 Å². The molecule has 0 saturated heterocycles. The van der Waals surface area contributed by atoms with Crippen LogP contribution in [-0.4, -0.2) is 43.7 Å². The summed E-state index contributed by atoms with van der Waals surface area (Å²) in [5.41, 5.74) is 2.20. The van der Waals surface area contributed by atoms with E-state index in [1.165, 1.54) is 0 Å². The van der Waals surface area contributed by atoms with Crippen LogP contribution >= 0.6 is 0 Å². The first kappa shape index (κ1) is 14.9. The Labute approximate surface area is 121 Å². The van der Waals surface area contributed by atoms with Gasteiger partial charge < -0.3 is 15.0 Å². The first-order valence-electron chi connectivity index (χ1n) is 7.31. The van der Waals surface area contributed by atoms with Crippen LogP contribution in [0.1, 0.15) is 31.7 Å². The molecule has 2 unspecified atom stereocenters. The van der Waals surface area contributed by atoms with Gasteiger partial charge in [0.05, 0.1) is 12.5 Å². The van der Waals surface area contributed by atoms with E-state index in [1.54, 1.807) is 7.11 Å². The van der Waals surface area contributed by atoms with E-state index in [2.05, 4.69) is 19.2 Å². The zero-order valence-electron chi connectivity index (χ0n) is 12.6. The predicted molar refractivity (Wildman–Crippen MR) is 81.0 cm³/mol. The Balaban J connectivity index is 2.16. The highest BCUT2D eigenvalue weighted by Crippen LogP contribution is 2.32. The molecule has 20 heavy (non-hydrogen) atoms. The second-order valence-corrected chi connectivity index (χ2v) is 5.30. The largest absolute Gasteiger partial charge is 0.384 e. The first-order valence-corrected chi connectivity index (χ1v) is 7.31. The number of carbonyl (C=O) groups excluding carboxylic acids is 1. The number of rotatable bonds is 6. The lowest BCUT2D eigenvalue weighted by atomic mass is 9.99. The Hall–Kier alpha value is -1.55. The predicted octanol–water partition coefficient (Wildman–Crippen LogP) is 2.47. The first-order chi connectivity index (χ1) is 9.69. The third-order valence-electron chi connectivity index (χ3n) is 4.07. The minimum atomic E-state index is -0.0722. The third-order valence-corrected chi connectivity index (χ3v) is 4.07. The average Bonchev–Trinajstić information content (AvgIpc) is 2.91. The normalized spacial score (nSPS) is 18.2. The summed E-state index contributed by atoms with van der Waals surface area (Å²) in [6, 6.07) is 8.31. The molecule has 4 heteroatoms. The lowest BCUT2D eigenvalue weighted by molar-refractivity contribution is -0.135. The molecule has 0 aliphatic carbocycles. The monoisotopic (exact) mass is 276 g/mol. The smallest absolute Gasteiger partial charge is 0.232 e. The zero-order valence-corrected chi connectivity index (χ0v) is 12.6. The Morgan fingerprint density at radius 3 is 2.95 bits per heavy atom. The Morgan fingerprint density at radius 1 is 1.50 bits per heavy atom. The molecule has 1 aromatic carbocycles. The molecular weight excluding hydrogens is 252 g/mol. The number of methoxy groups -OCH3 is 1. The van der Waals surface area contributed by atoms with Crippen LogP contribution in [-0.2, 0) is 9.53 Å². The number of anilines is 1. The molecule has 4 nitrogen and oxygen atoms in total. The quantitative estimate of drug-likeness (QED) is 0.868. The van der Waals surface area contributed by atoms with E-state index in [4.69, 9.17) is 4.74 Å². The van der Waals surface area contributed by atoms with Crippen molar-refractivity contribution in [2.24, 2.45) is 0 Å². The molecule has 0 fully saturated rings. The minimum Gasteiger partial charge on any atom is -0.384 e. The van der Waals surface area contributed by atoms with Crippen LogP contribution in [0.15, 0.2) is 24.3 Å². The number of hydrogen-bond acceptors (Lipinski definition) is 3. The van der Waals surface area contributed by atoms with Crippen molar-refractivity contribution < 1.29 is 9.53 Å². The maximum absolute atomic E-state index is 12.8. The van der Waals surface area contributed by atoms with E-state index in [-0.39, 0.29) is 17.9 Å². The fraction of sp³-hybridized carbons (Fsp3) is 0.562. The van der Waals surface area contributed by atoms with Crippen molar-refractivity contribution in [1.82, 2.24) is 4.90 Å². The molecule has 1 amide bonds. The van der Waals surface area contributed by atoms with Crippen LogP contribution in [0.2, 0.25) is 0 Å². The van der Waals surface area contributed by atoms with Gasteiger partial charge in [-0.25, -0.2) is 0 Å². The standard InChI is InChI=1S/C16H24N2O2/c1-4-12(2)18(9-10-20-3)16(19)14-11-17-15-8-6-5-7-13(14)15/h5-8,12,14,17H,4,9-11H2,1-3H3. The van der Waals surface area contributed by atoms with E-state index in [0.717, 1.165) is 17.7 Å². The number of fused-ring (bicyclic) bond motifs is 1. The maximum atomic E-state index is 12.8. The molecular formula is C16H24N2O2. The molecule has 0 aromatic heterocycles. The summed E-state index contributed by atoms with van der Waals surface area (Å²) in [5, 5.41) is 3.32. The molecule has 2 rings (SSSR count). The number of amides is 1. The van der Waals surface area contributed by atoms with Gasteiger partial charge in [-0.3, -0.25) is 4.79 Å². The highest BCUT2D eigenvalue weighted by molar-refractivity contribution is 5.88. The summed E-state index contributed by atoms with van der Waals surface area (Å²) in [6.07, 6.45) is 0.956. The number of ether oxygens (including phenoxy) is 1. The zero-order chi connectivity index (χ0) is 14.5. The second kappa shape index (κ2) is 6.75. The van der Waals surface area contributed by atoms with Crippen LogP contribution in [0.5, 0.6) is 0 Å². The molecule has 0 bridgehead atoms. The van der Waals surface area contributed by atoms with Crippen molar-refractivity contribution in [2.75, 3.05) is 32.1 Å². The summed E-state index contributed by atoms with van der Waals surface area (Å²) < 4.78 is 5.14. The minimum absolute atomic E-state index is 0.0722. The lowest BCUT2D eigenvalue weighted by Gasteiger charge is -2.30. The summed E-state index contributed by atoms with van der Waals surface area (Å²) in [6.45, 7) is 6.14. The molecule has 0 spiro atoms. The van der Waals surface area contributed by atoms with Gasteiger partial charge in [0.1, 0.15) is 0 Å². The van der Waals surface area contributed by atoms with Crippen molar-refractivity contribution in [1.29, 1.82) is 0 Å². The lowest BCUT2D eigenvalue weighted by Crippen LogP contribution is -2.43. The van der Waals surface area contributed by atoms with Crippen LogP contribution in [0.3, 0.4) is 0 Å². The Kier molecular flexibility index (Phi) is 5.01. The highest BCUT2D eigenvalue weighted by atomic mass is 16.5. The van der Waals surface area contributed by atoms with E-state index in [9.17, 15) is 4.79 Å². The Morgan fingerprint density at radius 2 is 2.25 bits per heavy atom. The van der Waals surface area contributed by atoms with Gasteiger partial charge in [0.2, 0.25) is 5.91 Å². The summed E-state index contributed by atoms with van der Waals surface area (Å²) >= 11 is 0. The van der Waals surface area contributed by atoms with Gasteiger partial charge in [-0.1, -0.05) is 25.1 Å². The molecule has 1 N–H and O–H groups in total. The molecule has 1 aliphatic rings. The molecule has 0 saturated carbocycles. The van der Waals surface area contributed by atoms with Crippen LogP contribution in [0, 0.1) is 0 Å². The summed E-state index contributed by atoms with van der Waals surface area (Å²) in [5.74, 6) is 0.130.